The molecule has 3 aromatic carbocycles. The van der Waals surface area contributed by atoms with Gasteiger partial charge in [-0.1, -0.05) is 29.8 Å². The van der Waals surface area contributed by atoms with Crippen molar-refractivity contribution in [2.45, 2.75) is 20.0 Å². The van der Waals surface area contributed by atoms with Gasteiger partial charge in [0.2, 0.25) is 5.82 Å². The van der Waals surface area contributed by atoms with Gasteiger partial charge in [0.1, 0.15) is 11.3 Å². The predicted octanol–water partition coefficient (Wildman–Crippen LogP) is 5.60. The third kappa shape index (κ3) is 5.08. The molecule has 1 N–H and O–H groups in total. The van der Waals surface area contributed by atoms with Crippen LogP contribution in [0.1, 0.15) is 19.4 Å². The zero-order valence-electron chi connectivity index (χ0n) is 21.8. The molecule has 0 spiro atoms. The van der Waals surface area contributed by atoms with E-state index in [2.05, 4.69) is 10.1 Å². The van der Waals surface area contributed by atoms with Gasteiger partial charge in [-0.3, -0.25) is 4.79 Å². The van der Waals surface area contributed by atoms with E-state index in [4.69, 9.17) is 30.2 Å². The van der Waals surface area contributed by atoms with Gasteiger partial charge >= 0.3 is 5.97 Å². The maximum Gasteiger partial charge on any atom is 0.344 e. The van der Waals surface area contributed by atoms with Crippen molar-refractivity contribution >= 4 is 45.7 Å². The van der Waals surface area contributed by atoms with Gasteiger partial charge in [-0.25, -0.2) is 9.78 Å². The molecule has 40 heavy (non-hydrogen) atoms. The van der Waals surface area contributed by atoms with Crippen LogP contribution in [0.4, 0.5) is 0 Å². The summed E-state index contributed by atoms with van der Waals surface area (Å²) in [5, 5.41) is 14.9. The van der Waals surface area contributed by atoms with E-state index in [1.165, 1.54) is 19.2 Å². The molecule has 0 bridgehead atoms. The molecule has 0 fully saturated rings. The van der Waals surface area contributed by atoms with E-state index in [0.29, 0.717) is 33.6 Å². The summed E-state index contributed by atoms with van der Waals surface area (Å²) in [6, 6.07) is 17.2. The molecule has 204 valence electrons. The molecule has 0 saturated carbocycles. The Morgan fingerprint density at radius 1 is 1.15 bits per heavy atom. The van der Waals surface area contributed by atoms with E-state index in [1.54, 1.807) is 62.6 Å². The monoisotopic (exact) mass is 561 g/mol. The molecule has 1 atom stereocenters. The standard InChI is InChI=1S/C29H24ClN3O7/c1-4-38-24-13-17(12-20(30)26(24)39-16(2)29(35)36)15-31-33-27(32-21-9-6-5-8-18(21)28(33)34)25-14-19-22(37-3)10-7-11-23(19)40-25/h5-16H,4H2,1-3H3,(H,35,36)/t16-/m1/s1. The van der Waals surface area contributed by atoms with Gasteiger partial charge in [-0.05, 0) is 61.9 Å². The van der Waals surface area contributed by atoms with E-state index in [1.807, 2.05) is 6.07 Å². The number of halogens is 1. The first kappa shape index (κ1) is 26.8. The zero-order valence-corrected chi connectivity index (χ0v) is 22.5. The fourth-order valence-electron chi connectivity index (χ4n) is 4.10. The molecule has 2 aromatic heterocycles. The SMILES string of the molecule is CCOc1cc(C=Nn2c(-c3cc4c(OC)cccc4o3)nc3ccccc3c2=O)cc(Cl)c1O[C@H](C)C(=O)O. The number of nitrogens with zero attached hydrogens (tertiary/aromatic N) is 3. The van der Waals surface area contributed by atoms with Crippen LogP contribution in [-0.2, 0) is 4.79 Å². The van der Waals surface area contributed by atoms with Crippen LogP contribution < -0.4 is 19.8 Å². The van der Waals surface area contributed by atoms with Crippen LogP contribution >= 0.6 is 11.6 Å². The number of ether oxygens (including phenoxy) is 3. The van der Waals surface area contributed by atoms with Crippen molar-refractivity contribution in [2.24, 2.45) is 5.10 Å². The van der Waals surface area contributed by atoms with Gasteiger partial charge in [0, 0.05) is 0 Å². The first-order chi connectivity index (χ1) is 19.3. The third-order valence-electron chi connectivity index (χ3n) is 6.01. The van der Waals surface area contributed by atoms with E-state index in [-0.39, 0.29) is 29.0 Å². The minimum atomic E-state index is -1.15. The number of hydrogen-bond donors (Lipinski definition) is 1. The molecule has 10 nitrogen and oxygen atoms in total. The van der Waals surface area contributed by atoms with Crippen molar-refractivity contribution in [1.82, 2.24) is 9.66 Å². The largest absolute Gasteiger partial charge is 0.496 e. The van der Waals surface area contributed by atoms with Crippen molar-refractivity contribution in [2.75, 3.05) is 13.7 Å². The highest BCUT2D eigenvalue weighted by molar-refractivity contribution is 6.32. The Kier molecular flexibility index (Phi) is 7.43. The molecule has 5 aromatic rings. The zero-order chi connectivity index (χ0) is 28.4. The summed E-state index contributed by atoms with van der Waals surface area (Å²) < 4.78 is 23.8. The molecular weight excluding hydrogens is 538 g/mol. The van der Waals surface area contributed by atoms with Crippen LogP contribution in [0.15, 0.2) is 75.0 Å². The van der Waals surface area contributed by atoms with Gasteiger partial charge in [0.15, 0.2) is 23.4 Å². The average Bonchev–Trinajstić information content (AvgIpc) is 3.39. The second-order valence-electron chi connectivity index (χ2n) is 8.66. The maximum atomic E-state index is 13.6. The summed E-state index contributed by atoms with van der Waals surface area (Å²) in [6.45, 7) is 3.44. The van der Waals surface area contributed by atoms with Crippen molar-refractivity contribution < 1.29 is 28.5 Å². The summed E-state index contributed by atoms with van der Waals surface area (Å²) in [5.74, 6) is 0.296. The van der Waals surface area contributed by atoms with Crippen LogP contribution in [0.3, 0.4) is 0 Å². The Bertz CT molecular complexity index is 1830. The first-order valence-corrected chi connectivity index (χ1v) is 12.7. The third-order valence-corrected chi connectivity index (χ3v) is 6.29. The number of aromatic nitrogens is 2. The number of hydrogen-bond acceptors (Lipinski definition) is 8. The predicted molar refractivity (Wildman–Crippen MR) is 151 cm³/mol. The molecule has 0 radical (unpaired) electrons. The number of benzene rings is 3. The second-order valence-corrected chi connectivity index (χ2v) is 9.07. The van der Waals surface area contributed by atoms with E-state index < -0.39 is 17.6 Å². The number of para-hydroxylation sites is 1. The van der Waals surface area contributed by atoms with E-state index >= 15 is 0 Å². The van der Waals surface area contributed by atoms with Crippen LogP contribution in [0.5, 0.6) is 17.2 Å². The second kappa shape index (κ2) is 11.1. The molecule has 5 rings (SSSR count). The molecule has 0 aliphatic rings. The quantitative estimate of drug-likeness (QED) is 0.230. The average molecular weight is 562 g/mol. The van der Waals surface area contributed by atoms with Crippen molar-refractivity contribution in [3.05, 3.63) is 81.6 Å². The van der Waals surface area contributed by atoms with Gasteiger partial charge in [-0.2, -0.15) is 9.78 Å². The normalized spacial score (nSPS) is 12.2. The number of furan rings is 1. The first-order valence-electron chi connectivity index (χ1n) is 12.3. The molecule has 0 aliphatic heterocycles. The van der Waals surface area contributed by atoms with E-state index in [0.717, 1.165) is 10.1 Å². The highest BCUT2D eigenvalue weighted by atomic mass is 35.5. The molecule has 0 unspecified atom stereocenters. The molecule has 11 heteroatoms. The summed E-state index contributed by atoms with van der Waals surface area (Å²) in [7, 11) is 1.57. The summed E-state index contributed by atoms with van der Waals surface area (Å²) >= 11 is 6.44. The number of carboxylic acids is 1. The lowest BCUT2D eigenvalue weighted by atomic mass is 10.2. The fourth-order valence-corrected chi connectivity index (χ4v) is 4.37. The highest BCUT2D eigenvalue weighted by Gasteiger charge is 2.20. The number of rotatable bonds is 9. The lowest BCUT2D eigenvalue weighted by molar-refractivity contribution is -0.144. The molecule has 0 amide bonds. The Balaban J connectivity index is 1.64. The fraction of sp³-hybridized carbons (Fsp3) is 0.172. The lowest BCUT2D eigenvalue weighted by Gasteiger charge is -2.16. The van der Waals surface area contributed by atoms with Crippen molar-refractivity contribution in [3.8, 4) is 28.8 Å². The van der Waals surface area contributed by atoms with Gasteiger partial charge in [0.25, 0.3) is 5.56 Å². The molecular formula is C29H24ClN3O7. The topological polar surface area (TPSA) is 125 Å². The van der Waals surface area contributed by atoms with Crippen LogP contribution in [-0.4, -0.2) is 46.8 Å². The van der Waals surface area contributed by atoms with Gasteiger partial charge < -0.3 is 23.7 Å². The number of carboxylic acid groups (broad SMARTS) is 1. The number of carbonyl (C=O) groups is 1. The minimum Gasteiger partial charge on any atom is -0.496 e. The molecule has 0 saturated heterocycles. The smallest absolute Gasteiger partial charge is 0.344 e. The summed E-state index contributed by atoms with van der Waals surface area (Å²) in [5.41, 5.74) is 1.11. The van der Waals surface area contributed by atoms with E-state index in [9.17, 15) is 14.7 Å². The minimum absolute atomic E-state index is 0.0945. The lowest BCUT2D eigenvalue weighted by Crippen LogP contribution is -2.23. The highest BCUT2D eigenvalue weighted by Crippen LogP contribution is 2.37. The molecule has 0 aliphatic carbocycles. The van der Waals surface area contributed by atoms with Crippen LogP contribution in [0, 0.1) is 0 Å². The maximum absolute atomic E-state index is 13.6. The number of fused-ring (bicyclic) bond motifs is 2. The Hall–Kier alpha value is -4.83. The Labute approximate surface area is 233 Å². The van der Waals surface area contributed by atoms with Crippen molar-refractivity contribution in [1.29, 1.82) is 0 Å². The number of aliphatic carboxylic acids is 1. The Morgan fingerprint density at radius 3 is 2.70 bits per heavy atom. The summed E-state index contributed by atoms with van der Waals surface area (Å²) in [4.78, 5) is 29.6. The molecule has 2 heterocycles. The van der Waals surface area contributed by atoms with Crippen LogP contribution in [0.2, 0.25) is 5.02 Å². The summed E-state index contributed by atoms with van der Waals surface area (Å²) in [6.07, 6.45) is 0.270. The van der Waals surface area contributed by atoms with Gasteiger partial charge in [0.05, 0.1) is 41.2 Å². The number of methoxy groups -OCH3 is 1. The Morgan fingerprint density at radius 2 is 1.95 bits per heavy atom. The van der Waals surface area contributed by atoms with Crippen LogP contribution in [0.25, 0.3) is 33.5 Å². The van der Waals surface area contributed by atoms with Gasteiger partial charge in [-0.15, -0.1) is 0 Å². The van der Waals surface area contributed by atoms with Crippen molar-refractivity contribution in [3.63, 3.8) is 0 Å².